The molecule has 0 radical (unpaired) electrons. The van der Waals surface area contributed by atoms with Crippen LogP contribution in [0.2, 0.25) is 0 Å². The summed E-state index contributed by atoms with van der Waals surface area (Å²) >= 11 is 0. The van der Waals surface area contributed by atoms with Crippen molar-refractivity contribution in [1.29, 1.82) is 0 Å². The molecule has 1 aromatic carbocycles. The SMILES string of the molecule is Cc1cc2c(cc1O)[C@@H](C)[C@H](O)C[C@H]2[C@@H](C)CO. The van der Waals surface area contributed by atoms with Gasteiger partial charge in [-0.25, -0.2) is 0 Å². The number of phenols is 1. The van der Waals surface area contributed by atoms with E-state index in [1.165, 1.54) is 5.56 Å². The van der Waals surface area contributed by atoms with Crippen molar-refractivity contribution in [1.82, 2.24) is 0 Å². The van der Waals surface area contributed by atoms with Gasteiger partial charge in [-0.15, -0.1) is 0 Å². The normalized spacial score (nSPS) is 28.8. The van der Waals surface area contributed by atoms with E-state index in [4.69, 9.17) is 0 Å². The molecule has 1 aromatic rings. The second-order valence-electron chi connectivity index (χ2n) is 5.63. The largest absolute Gasteiger partial charge is 0.508 e. The van der Waals surface area contributed by atoms with Gasteiger partial charge in [0.1, 0.15) is 5.75 Å². The van der Waals surface area contributed by atoms with Crippen molar-refractivity contribution in [2.45, 2.75) is 45.1 Å². The van der Waals surface area contributed by atoms with Crippen molar-refractivity contribution in [3.63, 3.8) is 0 Å². The smallest absolute Gasteiger partial charge is 0.118 e. The van der Waals surface area contributed by atoms with Crippen LogP contribution in [0.3, 0.4) is 0 Å². The molecule has 0 aliphatic heterocycles. The molecule has 0 fully saturated rings. The van der Waals surface area contributed by atoms with Gasteiger partial charge in [-0.05, 0) is 47.9 Å². The molecule has 1 aliphatic rings. The van der Waals surface area contributed by atoms with Crippen molar-refractivity contribution < 1.29 is 15.3 Å². The lowest BCUT2D eigenvalue weighted by Gasteiger charge is -2.36. The number of phenolic OH excluding ortho intramolecular Hbond substituents is 1. The highest BCUT2D eigenvalue weighted by molar-refractivity contribution is 5.46. The molecule has 0 bridgehead atoms. The summed E-state index contributed by atoms with van der Waals surface area (Å²) in [5.41, 5.74) is 3.04. The summed E-state index contributed by atoms with van der Waals surface area (Å²) in [5, 5.41) is 29.3. The van der Waals surface area contributed by atoms with E-state index in [9.17, 15) is 15.3 Å². The number of aromatic hydroxyl groups is 1. The lowest BCUT2D eigenvalue weighted by molar-refractivity contribution is 0.100. The highest BCUT2D eigenvalue weighted by Gasteiger charge is 2.34. The summed E-state index contributed by atoms with van der Waals surface area (Å²) in [5.74, 6) is 0.601. The van der Waals surface area contributed by atoms with Crippen molar-refractivity contribution in [2.75, 3.05) is 6.61 Å². The minimum Gasteiger partial charge on any atom is -0.508 e. The van der Waals surface area contributed by atoms with Crippen LogP contribution in [0.25, 0.3) is 0 Å². The van der Waals surface area contributed by atoms with Gasteiger partial charge >= 0.3 is 0 Å². The molecule has 0 saturated heterocycles. The van der Waals surface area contributed by atoms with Crippen LogP contribution in [0.5, 0.6) is 5.75 Å². The fraction of sp³-hybridized carbons (Fsp3) is 0.600. The molecule has 1 aliphatic carbocycles. The Morgan fingerprint density at radius 2 is 2.00 bits per heavy atom. The molecule has 0 spiro atoms. The second kappa shape index (κ2) is 4.90. The molecule has 2 rings (SSSR count). The first-order chi connectivity index (χ1) is 8.45. The van der Waals surface area contributed by atoms with Gasteiger partial charge in [0.15, 0.2) is 0 Å². The molecule has 0 heterocycles. The molecule has 3 nitrogen and oxygen atoms in total. The van der Waals surface area contributed by atoms with Gasteiger partial charge in [0.2, 0.25) is 0 Å². The summed E-state index contributed by atoms with van der Waals surface area (Å²) in [6, 6.07) is 3.78. The number of hydrogen-bond donors (Lipinski definition) is 3. The van der Waals surface area contributed by atoms with Gasteiger partial charge in [0.05, 0.1) is 6.10 Å². The van der Waals surface area contributed by atoms with E-state index in [0.717, 1.165) is 11.1 Å². The summed E-state index contributed by atoms with van der Waals surface area (Å²) in [6.45, 7) is 5.98. The quantitative estimate of drug-likeness (QED) is 0.754. The van der Waals surface area contributed by atoms with Crippen LogP contribution in [0.4, 0.5) is 0 Å². The molecule has 0 aromatic heterocycles. The maximum absolute atomic E-state index is 10.1. The maximum Gasteiger partial charge on any atom is 0.118 e. The summed E-state index contributed by atoms with van der Waals surface area (Å²) in [6.07, 6.45) is 0.277. The van der Waals surface area contributed by atoms with Crippen LogP contribution in [-0.4, -0.2) is 28.0 Å². The summed E-state index contributed by atoms with van der Waals surface area (Å²) in [4.78, 5) is 0. The molecule has 100 valence electrons. The average Bonchev–Trinajstić information content (AvgIpc) is 2.35. The van der Waals surface area contributed by atoms with Crippen LogP contribution >= 0.6 is 0 Å². The molecule has 18 heavy (non-hydrogen) atoms. The standard InChI is InChI=1S/C15H22O3/c1-8-4-13-11(9(2)7-16)5-15(18)10(3)12(13)6-14(8)17/h4,6,9-11,15-18H,5,7H2,1-3H3/t9-,10+,11-,15+/m0/s1. The van der Waals surface area contributed by atoms with E-state index in [0.29, 0.717) is 6.42 Å². The minimum absolute atomic E-state index is 0.0358. The van der Waals surface area contributed by atoms with Crippen molar-refractivity contribution in [2.24, 2.45) is 5.92 Å². The number of rotatable bonds is 2. The van der Waals surface area contributed by atoms with E-state index >= 15 is 0 Å². The zero-order valence-electron chi connectivity index (χ0n) is 11.2. The van der Waals surface area contributed by atoms with Gasteiger partial charge in [-0.3, -0.25) is 0 Å². The first-order valence-electron chi connectivity index (χ1n) is 6.58. The summed E-state index contributed by atoms with van der Waals surface area (Å²) < 4.78 is 0. The third-order valence-electron chi connectivity index (χ3n) is 4.34. The second-order valence-corrected chi connectivity index (χ2v) is 5.63. The minimum atomic E-state index is -0.404. The Bertz CT molecular complexity index is 442. The highest BCUT2D eigenvalue weighted by atomic mass is 16.3. The van der Waals surface area contributed by atoms with Gasteiger partial charge in [-0.1, -0.05) is 19.9 Å². The van der Waals surface area contributed by atoms with Gasteiger partial charge in [0.25, 0.3) is 0 Å². The van der Waals surface area contributed by atoms with Crippen LogP contribution in [0.1, 0.15) is 48.8 Å². The fourth-order valence-corrected chi connectivity index (χ4v) is 2.92. The number of aliphatic hydroxyl groups excluding tert-OH is 2. The highest BCUT2D eigenvalue weighted by Crippen LogP contribution is 2.44. The van der Waals surface area contributed by atoms with Crippen molar-refractivity contribution >= 4 is 0 Å². The van der Waals surface area contributed by atoms with Gasteiger partial charge in [0, 0.05) is 12.5 Å². The molecular weight excluding hydrogens is 228 g/mol. The number of aliphatic hydroxyl groups is 2. The molecule has 4 atom stereocenters. The number of hydrogen-bond acceptors (Lipinski definition) is 3. The third-order valence-corrected chi connectivity index (χ3v) is 4.34. The summed E-state index contributed by atoms with van der Waals surface area (Å²) in [7, 11) is 0. The number of benzene rings is 1. The Hall–Kier alpha value is -1.06. The zero-order valence-corrected chi connectivity index (χ0v) is 11.2. The molecular formula is C15H22O3. The molecule has 0 unspecified atom stereocenters. The molecule has 0 amide bonds. The van der Waals surface area contributed by atoms with Crippen LogP contribution in [-0.2, 0) is 0 Å². The predicted octanol–water partition coefficient (Wildman–Crippen LogP) is 2.28. The van der Waals surface area contributed by atoms with Gasteiger partial charge < -0.3 is 15.3 Å². The Morgan fingerprint density at radius 1 is 1.33 bits per heavy atom. The predicted molar refractivity (Wildman–Crippen MR) is 70.9 cm³/mol. The topological polar surface area (TPSA) is 60.7 Å². The number of aryl methyl sites for hydroxylation is 1. The lowest BCUT2D eigenvalue weighted by atomic mass is 9.71. The first-order valence-corrected chi connectivity index (χ1v) is 6.58. The average molecular weight is 250 g/mol. The molecule has 0 saturated carbocycles. The maximum atomic E-state index is 10.1. The zero-order chi connectivity index (χ0) is 13.4. The van der Waals surface area contributed by atoms with Crippen molar-refractivity contribution in [3.8, 4) is 5.75 Å². The van der Waals surface area contributed by atoms with Crippen LogP contribution in [0.15, 0.2) is 12.1 Å². The molecule has 3 N–H and O–H groups in total. The van der Waals surface area contributed by atoms with E-state index < -0.39 is 6.10 Å². The Kier molecular flexibility index (Phi) is 3.64. The van der Waals surface area contributed by atoms with Crippen molar-refractivity contribution in [3.05, 3.63) is 28.8 Å². The van der Waals surface area contributed by atoms with Crippen LogP contribution < -0.4 is 0 Å². The van der Waals surface area contributed by atoms with E-state index in [1.807, 2.05) is 26.8 Å². The first kappa shape index (κ1) is 13.4. The molecule has 3 heteroatoms. The van der Waals surface area contributed by atoms with E-state index in [1.54, 1.807) is 6.07 Å². The van der Waals surface area contributed by atoms with E-state index in [-0.39, 0.29) is 30.1 Å². The van der Waals surface area contributed by atoms with Gasteiger partial charge in [-0.2, -0.15) is 0 Å². The lowest BCUT2D eigenvalue weighted by Crippen LogP contribution is -2.30. The monoisotopic (exact) mass is 250 g/mol. The van der Waals surface area contributed by atoms with E-state index in [2.05, 4.69) is 0 Å². The Labute approximate surface area is 108 Å². The fourth-order valence-electron chi connectivity index (χ4n) is 2.92. The third kappa shape index (κ3) is 2.13. The Balaban J connectivity index is 2.52. The Morgan fingerprint density at radius 3 is 2.61 bits per heavy atom. The van der Waals surface area contributed by atoms with Crippen LogP contribution in [0, 0.1) is 12.8 Å². The number of fused-ring (bicyclic) bond motifs is 1.